The lowest BCUT2D eigenvalue weighted by molar-refractivity contribution is 0.671. The first-order valence-corrected chi connectivity index (χ1v) is 7.07. The van der Waals surface area contributed by atoms with E-state index in [-0.39, 0.29) is 0 Å². The normalized spacial score (nSPS) is 10.5. The lowest BCUT2D eigenvalue weighted by Crippen LogP contribution is -2.02. The fraction of sp³-hybridized carbons (Fsp3) is 0.167. The Morgan fingerprint density at radius 2 is 2.05 bits per heavy atom. The van der Waals surface area contributed by atoms with E-state index in [0.29, 0.717) is 6.54 Å². The third-order valence-electron chi connectivity index (χ3n) is 3.52. The van der Waals surface area contributed by atoms with Crippen LogP contribution in [0.4, 0.5) is 5.69 Å². The Bertz CT molecular complexity index is 809. The minimum Gasteiger partial charge on any atom is -0.379 e. The number of anilines is 1. The van der Waals surface area contributed by atoms with Crippen LogP contribution in [-0.4, -0.2) is 9.78 Å². The first kappa shape index (κ1) is 13.3. The standard InChI is InChI=1S/C18H17N3/c1-3-14-8-7-9-15(12-14)19-13-17-16-10-5-6-11-18(16)21(4-2)20-17/h1,5-12,19H,4,13H2,2H3. The molecule has 0 aliphatic carbocycles. The molecule has 0 radical (unpaired) electrons. The van der Waals surface area contributed by atoms with Crippen molar-refractivity contribution in [2.75, 3.05) is 5.32 Å². The Morgan fingerprint density at radius 1 is 1.19 bits per heavy atom. The fourth-order valence-electron chi connectivity index (χ4n) is 2.47. The van der Waals surface area contributed by atoms with Gasteiger partial charge in [0.2, 0.25) is 0 Å². The fourth-order valence-corrected chi connectivity index (χ4v) is 2.47. The van der Waals surface area contributed by atoms with Crippen molar-refractivity contribution >= 4 is 16.6 Å². The van der Waals surface area contributed by atoms with E-state index in [9.17, 15) is 0 Å². The van der Waals surface area contributed by atoms with Gasteiger partial charge in [-0.1, -0.05) is 30.2 Å². The van der Waals surface area contributed by atoms with Crippen LogP contribution in [0.25, 0.3) is 10.9 Å². The van der Waals surface area contributed by atoms with Crippen molar-refractivity contribution in [3.8, 4) is 12.3 Å². The SMILES string of the molecule is C#Cc1cccc(NCc2nn(CC)c3ccccc23)c1. The smallest absolute Gasteiger partial charge is 0.0894 e. The highest BCUT2D eigenvalue weighted by atomic mass is 15.3. The van der Waals surface area contributed by atoms with E-state index in [4.69, 9.17) is 6.42 Å². The van der Waals surface area contributed by atoms with Gasteiger partial charge in [0.1, 0.15) is 0 Å². The molecular formula is C18H17N3. The summed E-state index contributed by atoms with van der Waals surface area (Å²) in [5, 5.41) is 9.27. The lowest BCUT2D eigenvalue weighted by Gasteiger charge is -2.05. The van der Waals surface area contributed by atoms with Crippen LogP contribution in [-0.2, 0) is 13.1 Å². The summed E-state index contributed by atoms with van der Waals surface area (Å²) in [6, 6.07) is 16.2. The number of nitrogens with one attached hydrogen (secondary N) is 1. The number of aryl methyl sites for hydroxylation is 1. The molecule has 1 aromatic heterocycles. The van der Waals surface area contributed by atoms with Gasteiger partial charge in [-0.15, -0.1) is 6.42 Å². The molecule has 3 rings (SSSR count). The zero-order valence-electron chi connectivity index (χ0n) is 12.0. The quantitative estimate of drug-likeness (QED) is 0.737. The van der Waals surface area contributed by atoms with Crippen molar-refractivity contribution in [3.05, 3.63) is 59.8 Å². The van der Waals surface area contributed by atoms with Gasteiger partial charge in [-0.2, -0.15) is 5.10 Å². The molecule has 0 aliphatic rings. The van der Waals surface area contributed by atoms with Gasteiger partial charge in [-0.25, -0.2) is 0 Å². The summed E-state index contributed by atoms with van der Waals surface area (Å²) < 4.78 is 2.03. The number of benzene rings is 2. The number of fused-ring (bicyclic) bond motifs is 1. The molecule has 0 saturated carbocycles. The minimum absolute atomic E-state index is 0.682. The predicted octanol–water partition coefficient (Wildman–Crippen LogP) is 3.65. The van der Waals surface area contributed by atoms with Crippen LogP contribution in [0.3, 0.4) is 0 Å². The van der Waals surface area contributed by atoms with Crippen molar-refractivity contribution < 1.29 is 0 Å². The Morgan fingerprint density at radius 3 is 2.86 bits per heavy atom. The first-order valence-electron chi connectivity index (χ1n) is 7.07. The number of aromatic nitrogens is 2. The molecular weight excluding hydrogens is 258 g/mol. The van der Waals surface area contributed by atoms with Crippen molar-refractivity contribution in [1.29, 1.82) is 0 Å². The molecule has 0 bridgehead atoms. The highest BCUT2D eigenvalue weighted by Crippen LogP contribution is 2.20. The number of hydrogen-bond donors (Lipinski definition) is 1. The lowest BCUT2D eigenvalue weighted by atomic mass is 10.2. The van der Waals surface area contributed by atoms with Crippen molar-refractivity contribution in [3.63, 3.8) is 0 Å². The average Bonchev–Trinajstić information content (AvgIpc) is 2.91. The van der Waals surface area contributed by atoms with Gasteiger partial charge in [0.15, 0.2) is 0 Å². The number of nitrogens with zero attached hydrogens (tertiary/aromatic N) is 2. The summed E-state index contributed by atoms with van der Waals surface area (Å²) in [7, 11) is 0. The minimum atomic E-state index is 0.682. The molecule has 3 nitrogen and oxygen atoms in total. The monoisotopic (exact) mass is 275 g/mol. The zero-order chi connectivity index (χ0) is 14.7. The molecule has 0 saturated heterocycles. The predicted molar refractivity (Wildman–Crippen MR) is 87.1 cm³/mol. The van der Waals surface area contributed by atoms with Crippen molar-refractivity contribution in [2.24, 2.45) is 0 Å². The van der Waals surface area contributed by atoms with E-state index in [1.54, 1.807) is 0 Å². The van der Waals surface area contributed by atoms with Crippen molar-refractivity contribution in [2.45, 2.75) is 20.0 Å². The topological polar surface area (TPSA) is 29.9 Å². The molecule has 0 spiro atoms. The van der Waals surface area contributed by atoms with E-state index in [2.05, 4.69) is 35.4 Å². The molecule has 0 aliphatic heterocycles. The molecule has 104 valence electrons. The second-order valence-corrected chi connectivity index (χ2v) is 4.86. The maximum atomic E-state index is 5.43. The van der Waals surface area contributed by atoms with E-state index >= 15 is 0 Å². The van der Waals surface area contributed by atoms with E-state index in [0.717, 1.165) is 23.5 Å². The second kappa shape index (κ2) is 5.72. The van der Waals surface area contributed by atoms with E-state index < -0.39 is 0 Å². The summed E-state index contributed by atoms with van der Waals surface area (Å²) in [4.78, 5) is 0. The largest absolute Gasteiger partial charge is 0.379 e. The maximum absolute atomic E-state index is 5.43. The van der Waals surface area contributed by atoms with Crippen LogP contribution >= 0.6 is 0 Å². The summed E-state index contributed by atoms with van der Waals surface area (Å²) in [6.45, 7) is 3.65. The number of terminal acetylenes is 1. The summed E-state index contributed by atoms with van der Waals surface area (Å²) in [6.07, 6.45) is 5.43. The molecule has 21 heavy (non-hydrogen) atoms. The van der Waals surface area contributed by atoms with Gasteiger partial charge < -0.3 is 5.32 Å². The third kappa shape index (κ3) is 2.61. The molecule has 1 heterocycles. The number of rotatable bonds is 4. The first-order chi connectivity index (χ1) is 10.3. The maximum Gasteiger partial charge on any atom is 0.0894 e. The van der Waals surface area contributed by atoms with Crippen molar-refractivity contribution in [1.82, 2.24) is 9.78 Å². The highest BCUT2D eigenvalue weighted by molar-refractivity contribution is 5.82. The average molecular weight is 275 g/mol. The molecule has 0 atom stereocenters. The molecule has 3 aromatic rings. The van der Waals surface area contributed by atoms with Crippen LogP contribution in [0.2, 0.25) is 0 Å². The van der Waals surface area contributed by atoms with Crippen LogP contribution in [0.5, 0.6) is 0 Å². The Kier molecular flexibility index (Phi) is 3.61. The van der Waals surface area contributed by atoms with Gasteiger partial charge in [-0.3, -0.25) is 4.68 Å². The molecule has 1 N–H and O–H groups in total. The summed E-state index contributed by atoms with van der Waals surface area (Å²) in [5.41, 5.74) is 4.12. The highest BCUT2D eigenvalue weighted by Gasteiger charge is 2.08. The Hall–Kier alpha value is -2.73. The number of para-hydroxylation sites is 1. The van der Waals surface area contributed by atoms with Gasteiger partial charge in [0.05, 0.1) is 17.8 Å². The van der Waals surface area contributed by atoms with Crippen LogP contribution in [0.15, 0.2) is 48.5 Å². The molecule has 0 fully saturated rings. The summed E-state index contributed by atoms with van der Waals surface area (Å²) >= 11 is 0. The molecule has 0 unspecified atom stereocenters. The number of hydrogen-bond acceptors (Lipinski definition) is 2. The van der Waals surface area contributed by atoms with Gasteiger partial charge in [0.25, 0.3) is 0 Å². The van der Waals surface area contributed by atoms with Crippen LogP contribution in [0, 0.1) is 12.3 Å². The van der Waals surface area contributed by atoms with Gasteiger partial charge in [-0.05, 0) is 31.2 Å². The van der Waals surface area contributed by atoms with Crippen LogP contribution < -0.4 is 5.32 Å². The van der Waals surface area contributed by atoms with Gasteiger partial charge in [0, 0.05) is 23.2 Å². The van der Waals surface area contributed by atoms with E-state index in [1.165, 1.54) is 10.9 Å². The summed E-state index contributed by atoms with van der Waals surface area (Å²) in [5.74, 6) is 2.65. The van der Waals surface area contributed by atoms with E-state index in [1.807, 2.05) is 41.1 Å². The Labute approximate surface area is 124 Å². The Balaban J connectivity index is 1.87. The zero-order valence-corrected chi connectivity index (χ0v) is 12.0. The third-order valence-corrected chi connectivity index (χ3v) is 3.52. The van der Waals surface area contributed by atoms with Crippen LogP contribution in [0.1, 0.15) is 18.2 Å². The second-order valence-electron chi connectivity index (χ2n) is 4.86. The van der Waals surface area contributed by atoms with Gasteiger partial charge >= 0.3 is 0 Å². The molecule has 2 aromatic carbocycles. The molecule has 3 heteroatoms. The molecule has 0 amide bonds.